The molecule has 0 saturated carbocycles. The van der Waals surface area contributed by atoms with Crippen molar-refractivity contribution >= 4 is 16.9 Å². The van der Waals surface area contributed by atoms with Gasteiger partial charge in [-0.05, 0) is 25.1 Å². The second kappa shape index (κ2) is 7.91. The van der Waals surface area contributed by atoms with Crippen molar-refractivity contribution in [3.8, 4) is 34.3 Å². The molecule has 0 atom stereocenters. The van der Waals surface area contributed by atoms with E-state index in [0.717, 1.165) is 0 Å². The first kappa shape index (κ1) is 19.1. The second-order valence-electron chi connectivity index (χ2n) is 5.77. The number of carbonyl (C=O) groups is 1. The molecule has 1 aromatic heterocycles. The van der Waals surface area contributed by atoms with Gasteiger partial charge in [-0.3, -0.25) is 4.79 Å². The number of fused-ring (bicyclic) bond motifs is 1. The van der Waals surface area contributed by atoms with Gasteiger partial charge < -0.3 is 28.8 Å². The van der Waals surface area contributed by atoms with Crippen LogP contribution in [-0.4, -0.2) is 36.5 Å². The summed E-state index contributed by atoms with van der Waals surface area (Å²) in [4.78, 5) is 23.9. The molecular weight excluding hydrogens is 368 g/mol. The Morgan fingerprint density at radius 3 is 2.57 bits per heavy atom. The number of ether oxygens (including phenoxy) is 3. The molecular formula is C20H18O8. The van der Waals surface area contributed by atoms with E-state index in [4.69, 9.17) is 18.6 Å². The van der Waals surface area contributed by atoms with Gasteiger partial charge in [0.1, 0.15) is 28.2 Å². The number of benzene rings is 2. The number of hydrogen-bond acceptors (Lipinski definition) is 8. The lowest BCUT2D eigenvalue weighted by molar-refractivity contribution is -0.145. The van der Waals surface area contributed by atoms with Gasteiger partial charge in [0.05, 0.1) is 13.7 Å². The molecule has 1 heterocycles. The highest BCUT2D eigenvalue weighted by atomic mass is 16.6. The summed E-state index contributed by atoms with van der Waals surface area (Å²) < 4.78 is 20.8. The van der Waals surface area contributed by atoms with Gasteiger partial charge in [0, 0.05) is 23.8 Å². The van der Waals surface area contributed by atoms with Crippen LogP contribution in [0.2, 0.25) is 0 Å². The summed E-state index contributed by atoms with van der Waals surface area (Å²) in [6, 6.07) is 8.36. The average molecular weight is 386 g/mol. The highest BCUT2D eigenvalue weighted by molar-refractivity contribution is 5.86. The Balaban J connectivity index is 2.02. The zero-order valence-corrected chi connectivity index (χ0v) is 15.2. The molecule has 0 aliphatic rings. The minimum atomic E-state index is -0.564. The Morgan fingerprint density at radius 2 is 1.89 bits per heavy atom. The molecule has 0 unspecified atom stereocenters. The molecule has 2 aromatic carbocycles. The minimum absolute atomic E-state index is 0.0232. The summed E-state index contributed by atoms with van der Waals surface area (Å²) in [6.07, 6.45) is 0. The zero-order chi connectivity index (χ0) is 20.3. The number of aromatic hydroxyl groups is 2. The summed E-state index contributed by atoms with van der Waals surface area (Å²) in [5.41, 5.74) is 0.0345. The molecule has 8 heteroatoms. The van der Waals surface area contributed by atoms with Gasteiger partial charge in [-0.15, -0.1) is 0 Å². The maximum absolute atomic E-state index is 12.4. The SMILES string of the molecule is CCOC(=O)COc1cc(O)c2c(=O)cc(-c3ccc(OC)c(O)c3)oc2c1. The molecule has 0 bridgehead atoms. The summed E-state index contributed by atoms with van der Waals surface area (Å²) in [6.45, 7) is 1.54. The molecule has 8 nitrogen and oxygen atoms in total. The van der Waals surface area contributed by atoms with E-state index in [-0.39, 0.29) is 52.9 Å². The quantitative estimate of drug-likeness (QED) is 0.622. The number of hydrogen-bond donors (Lipinski definition) is 2. The summed E-state index contributed by atoms with van der Waals surface area (Å²) >= 11 is 0. The fourth-order valence-corrected chi connectivity index (χ4v) is 2.66. The van der Waals surface area contributed by atoms with Crippen LogP contribution in [0.1, 0.15) is 6.92 Å². The third-order valence-corrected chi connectivity index (χ3v) is 3.91. The fraction of sp³-hybridized carbons (Fsp3) is 0.200. The lowest BCUT2D eigenvalue weighted by Crippen LogP contribution is -2.14. The van der Waals surface area contributed by atoms with Gasteiger partial charge in [-0.1, -0.05) is 0 Å². The molecule has 3 rings (SSSR count). The first-order valence-corrected chi connectivity index (χ1v) is 8.39. The summed E-state index contributed by atoms with van der Waals surface area (Å²) in [5.74, 6) is -0.426. The number of rotatable bonds is 6. The van der Waals surface area contributed by atoms with Crippen molar-refractivity contribution in [2.45, 2.75) is 6.92 Å². The standard InChI is InChI=1S/C20H18O8/c1-3-26-19(24)10-27-12-7-14(22)20-15(23)9-17(28-18(20)8-12)11-4-5-16(25-2)13(21)6-11/h4-9,21-22H,3,10H2,1-2H3. The predicted octanol–water partition coefficient (Wildman–Crippen LogP) is 2.82. The van der Waals surface area contributed by atoms with Crippen LogP contribution in [-0.2, 0) is 9.53 Å². The molecule has 0 radical (unpaired) electrons. The number of phenols is 2. The van der Waals surface area contributed by atoms with Crippen molar-refractivity contribution in [3.63, 3.8) is 0 Å². The Kier molecular flexibility index (Phi) is 5.39. The minimum Gasteiger partial charge on any atom is -0.507 e. The lowest BCUT2D eigenvalue weighted by Gasteiger charge is -2.10. The molecule has 0 spiro atoms. The van der Waals surface area contributed by atoms with E-state index >= 15 is 0 Å². The molecule has 146 valence electrons. The third kappa shape index (κ3) is 3.85. The monoisotopic (exact) mass is 386 g/mol. The summed E-state index contributed by atoms with van der Waals surface area (Å²) in [5, 5.41) is 20.1. The normalized spacial score (nSPS) is 10.6. The summed E-state index contributed by atoms with van der Waals surface area (Å²) in [7, 11) is 1.42. The Hall–Kier alpha value is -3.68. The Bertz CT molecular complexity index is 1080. The first-order chi connectivity index (χ1) is 13.4. The fourth-order valence-electron chi connectivity index (χ4n) is 2.66. The molecule has 3 aromatic rings. The molecule has 0 amide bonds. The molecule has 0 saturated heterocycles. The van der Waals surface area contributed by atoms with Crippen molar-refractivity contribution in [2.75, 3.05) is 20.3 Å². The molecule has 0 aliphatic heterocycles. The van der Waals surface area contributed by atoms with Crippen LogP contribution in [0.15, 0.2) is 45.6 Å². The smallest absolute Gasteiger partial charge is 0.344 e. The Morgan fingerprint density at radius 1 is 1.11 bits per heavy atom. The lowest BCUT2D eigenvalue weighted by atomic mass is 10.1. The van der Waals surface area contributed by atoms with Crippen LogP contribution >= 0.6 is 0 Å². The van der Waals surface area contributed by atoms with Crippen molar-refractivity contribution in [1.82, 2.24) is 0 Å². The van der Waals surface area contributed by atoms with Crippen LogP contribution in [0.25, 0.3) is 22.3 Å². The van der Waals surface area contributed by atoms with E-state index < -0.39 is 11.4 Å². The van der Waals surface area contributed by atoms with Gasteiger partial charge in [0.15, 0.2) is 23.5 Å². The van der Waals surface area contributed by atoms with Gasteiger partial charge in [-0.25, -0.2) is 4.79 Å². The van der Waals surface area contributed by atoms with Crippen LogP contribution in [0, 0.1) is 0 Å². The molecule has 0 aliphatic carbocycles. The van der Waals surface area contributed by atoms with Crippen molar-refractivity contribution < 1.29 is 33.6 Å². The highest BCUT2D eigenvalue weighted by Gasteiger charge is 2.15. The van der Waals surface area contributed by atoms with Crippen molar-refractivity contribution in [1.29, 1.82) is 0 Å². The average Bonchev–Trinajstić information content (AvgIpc) is 2.66. The number of carbonyl (C=O) groups excluding carboxylic acids is 1. The maximum Gasteiger partial charge on any atom is 0.344 e. The van der Waals surface area contributed by atoms with E-state index in [2.05, 4.69) is 0 Å². The number of methoxy groups -OCH3 is 1. The van der Waals surface area contributed by atoms with E-state index in [1.54, 1.807) is 13.0 Å². The van der Waals surface area contributed by atoms with E-state index in [1.807, 2.05) is 0 Å². The Labute approximate surface area is 159 Å². The van der Waals surface area contributed by atoms with E-state index in [9.17, 15) is 19.8 Å². The largest absolute Gasteiger partial charge is 0.507 e. The van der Waals surface area contributed by atoms with Crippen LogP contribution in [0.3, 0.4) is 0 Å². The van der Waals surface area contributed by atoms with Gasteiger partial charge in [-0.2, -0.15) is 0 Å². The molecule has 0 fully saturated rings. The van der Waals surface area contributed by atoms with Crippen LogP contribution in [0.5, 0.6) is 23.0 Å². The topological polar surface area (TPSA) is 115 Å². The first-order valence-electron chi connectivity index (χ1n) is 8.39. The second-order valence-corrected chi connectivity index (χ2v) is 5.77. The van der Waals surface area contributed by atoms with Crippen molar-refractivity contribution in [3.05, 3.63) is 46.6 Å². The van der Waals surface area contributed by atoms with E-state index in [1.165, 1.54) is 37.4 Å². The van der Waals surface area contributed by atoms with Gasteiger partial charge in [0.25, 0.3) is 0 Å². The number of esters is 1. The maximum atomic E-state index is 12.4. The number of phenolic OH excluding ortho intramolecular Hbond substituents is 2. The van der Waals surface area contributed by atoms with Crippen LogP contribution < -0.4 is 14.9 Å². The predicted molar refractivity (Wildman–Crippen MR) is 99.9 cm³/mol. The van der Waals surface area contributed by atoms with E-state index in [0.29, 0.717) is 5.56 Å². The third-order valence-electron chi connectivity index (χ3n) is 3.91. The molecule has 2 N–H and O–H groups in total. The highest BCUT2D eigenvalue weighted by Crippen LogP contribution is 2.34. The van der Waals surface area contributed by atoms with Crippen LogP contribution in [0.4, 0.5) is 0 Å². The van der Waals surface area contributed by atoms with Gasteiger partial charge in [0.2, 0.25) is 0 Å². The van der Waals surface area contributed by atoms with Gasteiger partial charge >= 0.3 is 5.97 Å². The molecule has 28 heavy (non-hydrogen) atoms. The zero-order valence-electron chi connectivity index (χ0n) is 15.2. The van der Waals surface area contributed by atoms with Crippen molar-refractivity contribution in [2.24, 2.45) is 0 Å².